The number of carbonyl (C=O) groups is 1. The molecule has 0 radical (unpaired) electrons. The summed E-state index contributed by atoms with van der Waals surface area (Å²) >= 11 is 0. The molecule has 1 saturated carbocycles. The Hall–Kier alpha value is -2.10. The Morgan fingerprint density at radius 1 is 1.33 bits per heavy atom. The second kappa shape index (κ2) is 4.29. The topological polar surface area (TPSA) is 55.1 Å². The Morgan fingerprint density at radius 3 is 2.72 bits per heavy atom. The third-order valence-corrected chi connectivity index (χ3v) is 3.04. The van der Waals surface area contributed by atoms with Crippen LogP contribution in [0.4, 0.5) is 0 Å². The molecule has 0 unspecified atom stereocenters. The molecule has 92 valence electrons. The number of rotatable bonds is 3. The molecule has 1 fully saturated rings. The fraction of sp³-hybridized carbons (Fsp3) is 0.286. The van der Waals surface area contributed by atoms with Crippen molar-refractivity contribution in [1.29, 1.82) is 0 Å². The molecule has 1 aromatic carbocycles. The molecule has 2 aromatic rings. The van der Waals surface area contributed by atoms with Crippen LogP contribution in [0.5, 0.6) is 0 Å². The summed E-state index contributed by atoms with van der Waals surface area (Å²) < 4.78 is 5.20. The Labute approximate surface area is 105 Å². The summed E-state index contributed by atoms with van der Waals surface area (Å²) in [7, 11) is 0. The van der Waals surface area contributed by atoms with Crippen LogP contribution in [-0.4, -0.2) is 17.1 Å². The summed E-state index contributed by atoms with van der Waals surface area (Å²) in [4.78, 5) is 12.0. The minimum atomic E-state index is -0.102. The Kier molecular flexibility index (Phi) is 2.63. The third kappa shape index (κ3) is 2.14. The van der Waals surface area contributed by atoms with Gasteiger partial charge in [0.2, 0.25) is 0 Å². The monoisotopic (exact) mass is 242 g/mol. The lowest BCUT2D eigenvalue weighted by Gasteiger charge is -2.03. The summed E-state index contributed by atoms with van der Waals surface area (Å²) in [5, 5.41) is 6.67. The van der Waals surface area contributed by atoms with Crippen molar-refractivity contribution in [3.63, 3.8) is 0 Å². The van der Waals surface area contributed by atoms with Gasteiger partial charge < -0.3 is 9.84 Å². The van der Waals surface area contributed by atoms with Crippen molar-refractivity contribution in [2.24, 2.45) is 0 Å². The van der Waals surface area contributed by atoms with Crippen LogP contribution in [0.15, 0.2) is 35.0 Å². The number of hydrogen-bond acceptors (Lipinski definition) is 3. The van der Waals surface area contributed by atoms with Crippen molar-refractivity contribution in [3.05, 3.63) is 41.6 Å². The fourth-order valence-corrected chi connectivity index (χ4v) is 1.81. The van der Waals surface area contributed by atoms with Crippen LogP contribution in [0.1, 0.15) is 28.8 Å². The molecule has 1 aliphatic rings. The molecule has 0 aliphatic heterocycles. The van der Waals surface area contributed by atoms with Gasteiger partial charge in [0, 0.05) is 11.6 Å². The molecule has 4 nitrogen and oxygen atoms in total. The van der Waals surface area contributed by atoms with E-state index in [-0.39, 0.29) is 5.91 Å². The van der Waals surface area contributed by atoms with E-state index < -0.39 is 0 Å². The van der Waals surface area contributed by atoms with Gasteiger partial charge in [0.15, 0.2) is 5.76 Å². The van der Waals surface area contributed by atoms with Gasteiger partial charge in [-0.2, -0.15) is 0 Å². The predicted octanol–water partition coefficient (Wildman–Crippen LogP) is 2.54. The van der Waals surface area contributed by atoms with Crippen molar-refractivity contribution in [2.45, 2.75) is 25.8 Å². The van der Waals surface area contributed by atoms with Gasteiger partial charge in [0.25, 0.3) is 5.91 Å². The number of benzene rings is 1. The summed E-state index contributed by atoms with van der Waals surface area (Å²) in [6.07, 6.45) is 3.61. The lowest BCUT2D eigenvalue weighted by molar-refractivity contribution is 0.0951. The molecule has 0 atom stereocenters. The zero-order valence-electron chi connectivity index (χ0n) is 10.1. The van der Waals surface area contributed by atoms with Gasteiger partial charge in [-0.05, 0) is 19.8 Å². The van der Waals surface area contributed by atoms with Gasteiger partial charge in [0.05, 0.1) is 6.20 Å². The lowest BCUT2D eigenvalue weighted by Crippen LogP contribution is -2.25. The minimum absolute atomic E-state index is 0.102. The van der Waals surface area contributed by atoms with Crippen LogP contribution in [0.3, 0.4) is 0 Å². The van der Waals surface area contributed by atoms with E-state index in [1.54, 1.807) is 0 Å². The first-order valence-corrected chi connectivity index (χ1v) is 6.06. The molecule has 1 aliphatic carbocycles. The number of nitrogens with one attached hydrogen (secondary N) is 1. The van der Waals surface area contributed by atoms with E-state index in [1.165, 1.54) is 11.8 Å². The van der Waals surface area contributed by atoms with Crippen LogP contribution in [-0.2, 0) is 0 Å². The van der Waals surface area contributed by atoms with E-state index in [0.29, 0.717) is 17.4 Å². The number of amides is 1. The van der Waals surface area contributed by atoms with Crippen LogP contribution < -0.4 is 5.32 Å². The van der Waals surface area contributed by atoms with E-state index in [2.05, 4.69) is 10.5 Å². The second-order valence-electron chi connectivity index (χ2n) is 4.68. The highest BCUT2D eigenvalue weighted by Crippen LogP contribution is 2.25. The SMILES string of the molecule is Cc1ccc(-c2oncc2C(=O)NC2CC2)cc1. The molecule has 1 N–H and O–H groups in total. The van der Waals surface area contributed by atoms with Crippen LogP contribution in [0, 0.1) is 6.92 Å². The van der Waals surface area contributed by atoms with Gasteiger partial charge in [-0.1, -0.05) is 35.0 Å². The highest BCUT2D eigenvalue weighted by molar-refractivity contribution is 5.99. The zero-order valence-corrected chi connectivity index (χ0v) is 10.1. The van der Waals surface area contributed by atoms with Crippen LogP contribution in [0.2, 0.25) is 0 Å². The van der Waals surface area contributed by atoms with Gasteiger partial charge in [-0.3, -0.25) is 4.79 Å². The van der Waals surface area contributed by atoms with E-state index in [9.17, 15) is 4.79 Å². The van der Waals surface area contributed by atoms with Gasteiger partial charge in [0.1, 0.15) is 5.56 Å². The Bertz CT molecular complexity index is 568. The molecule has 4 heteroatoms. The molecule has 0 bridgehead atoms. The average Bonchev–Trinajstić information content (AvgIpc) is 3.04. The Balaban J connectivity index is 1.90. The molecule has 0 spiro atoms. The van der Waals surface area contributed by atoms with E-state index in [0.717, 1.165) is 18.4 Å². The summed E-state index contributed by atoms with van der Waals surface area (Å²) in [6.45, 7) is 2.02. The van der Waals surface area contributed by atoms with Crippen LogP contribution >= 0.6 is 0 Å². The molecule has 1 aromatic heterocycles. The predicted molar refractivity (Wildman–Crippen MR) is 67.2 cm³/mol. The first-order chi connectivity index (χ1) is 8.74. The molecule has 0 saturated heterocycles. The number of aryl methyl sites for hydroxylation is 1. The van der Waals surface area contributed by atoms with Crippen molar-refractivity contribution < 1.29 is 9.32 Å². The third-order valence-electron chi connectivity index (χ3n) is 3.04. The van der Waals surface area contributed by atoms with Crippen LogP contribution in [0.25, 0.3) is 11.3 Å². The normalized spacial score (nSPS) is 14.5. The Morgan fingerprint density at radius 2 is 2.06 bits per heavy atom. The van der Waals surface area contributed by atoms with E-state index in [4.69, 9.17) is 4.52 Å². The largest absolute Gasteiger partial charge is 0.355 e. The summed E-state index contributed by atoms with van der Waals surface area (Å²) in [5.41, 5.74) is 2.55. The van der Waals surface area contributed by atoms with E-state index in [1.807, 2.05) is 31.2 Å². The maximum absolute atomic E-state index is 12.0. The van der Waals surface area contributed by atoms with Crippen molar-refractivity contribution in [1.82, 2.24) is 10.5 Å². The highest BCUT2D eigenvalue weighted by atomic mass is 16.5. The molecule has 1 heterocycles. The number of carbonyl (C=O) groups excluding carboxylic acids is 1. The number of hydrogen-bond donors (Lipinski definition) is 1. The second-order valence-corrected chi connectivity index (χ2v) is 4.68. The maximum atomic E-state index is 12.0. The van der Waals surface area contributed by atoms with Gasteiger partial charge >= 0.3 is 0 Å². The highest BCUT2D eigenvalue weighted by Gasteiger charge is 2.26. The van der Waals surface area contributed by atoms with Gasteiger partial charge in [-0.25, -0.2) is 0 Å². The molecular weight excluding hydrogens is 228 g/mol. The smallest absolute Gasteiger partial charge is 0.257 e. The lowest BCUT2D eigenvalue weighted by atomic mass is 10.1. The first kappa shape index (κ1) is 11.0. The molecule has 3 rings (SSSR count). The zero-order chi connectivity index (χ0) is 12.5. The standard InChI is InChI=1S/C14H14N2O2/c1-9-2-4-10(5-3-9)13-12(8-15-18-13)14(17)16-11-6-7-11/h2-5,8,11H,6-7H2,1H3,(H,16,17). The summed E-state index contributed by atoms with van der Waals surface area (Å²) in [5.74, 6) is 0.433. The van der Waals surface area contributed by atoms with Crippen molar-refractivity contribution >= 4 is 5.91 Å². The quantitative estimate of drug-likeness (QED) is 0.899. The fourth-order valence-electron chi connectivity index (χ4n) is 1.81. The number of nitrogens with zero attached hydrogens (tertiary/aromatic N) is 1. The van der Waals surface area contributed by atoms with Gasteiger partial charge in [-0.15, -0.1) is 0 Å². The average molecular weight is 242 g/mol. The molecule has 1 amide bonds. The van der Waals surface area contributed by atoms with Crippen molar-refractivity contribution in [3.8, 4) is 11.3 Å². The molecular formula is C14H14N2O2. The number of aromatic nitrogens is 1. The van der Waals surface area contributed by atoms with E-state index >= 15 is 0 Å². The van der Waals surface area contributed by atoms with Crippen molar-refractivity contribution in [2.75, 3.05) is 0 Å². The minimum Gasteiger partial charge on any atom is -0.355 e. The first-order valence-electron chi connectivity index (χ1n) is 6.06. The molecule has 18 heavy (non-hydrogen) atoms. The maximum Gasteiger partial charge on any atom is 0.257 e. The summed E-state index contributed by atoms with van der Waals surface area (Å²) in [6, 6.07) is 8.17.